The summed E-state index contributed by atoms with van der Waals surface area (Å²) in [5, 5.41) is 50.1. The molecule has 0 aromatic heterocycles. The Bertz CT molecular complexity index is 978. The molecule has 0 spiro atoms. The highest BCUT2D eigenvalue weighted by Gasteiger charge is 2.50. The maximum atomic E-state index is 11.6. The maximum absolute atomic E-state index is 11.6. The molecule has 0 bridgehead atoms. The summed E-state index contributed by atoms with van der Waals surface area (Å²) >= 11 is 0. The Labute approximate surface area is 190 Å². The fourth-order valence-corrected chi connectivity index (χ4v) is 3.81. The first-order valence-corrected chi connectivity index (χ1v) is 10.3. The zero-order valence-electron chi connectivity index (χ0n) is 18.3. The molecule has 2 aromatic carbocycles. The summed E-state index contributed by atoms with van der Waals surface area (Å²) in [4.78, 5) is 11.6. The third kappa shape index (κ3) is 5.66. The van der Waals surface area contributed by atoms with Gasteiger partial charge in [-0.2, -0.15) is 0 Å². The summed E-state index contributed by atoms with van der Waals surface area (Å²) < 4.78 is 21.9. The van der Waals surface area contributed by atoms with Crippen LogP contribution in [-0.2, 0) is 27.5 Å². The van der Waals surface area contributed by atoms with Crippen molar-refractivity contribution in [3.63, 3.8) is 0 Å². The fraction of sp³-hybridized carbons (Fsp3) is 0.435. The van der Waals surface area contributed by atoms with Crippen molar-refractivity contribution in [3.8, 4) is 23.0 Å². The van der Waals surface area contributed by atoms with Crippen LogP contribution in [0.4, 0.5) is 0 Å². The summed E-state index contributed by atoms with van der Waals surface area (Å²) in [5.74, 6) is -1.02. The largest absolute Gasteiger partial charge is 0.504 e. The molecule has 0 radical (unpaired) electrons. The van der Waals surface area contributed by atoms with Crippen LogP contribution >= 0.6 is 0 Å². The smallest absolute Gasteiger partial charge is 0.335 e. The molecule has 0 aliphatic heterocycles. The molecule has 0 heterocycles. The first kappa shape index (κ1) is 24.6. The lowest BCUT2D eigenvalue weighted by atomic mass is 9.79. The predicted octanol–water partition coefficient (Wildman–Crippen LogP) is 1.56. The zero-order chi connectivity index (χ0) is 24.2. The number of hydrogen-bond acceptors (Lipinski definition) is 9. The van der Waals surface area contributed by atoms with Gasteiger partial charge < -0.3 is 44.5 Å². The van der Waals surface area contributed by atoms with Crippen LogP contribution in [-0.4, -0.2) is 69.6 Å². The SMILES string of the molecule is COc1cc(CO[C@@H]2[C@H](O)C[C@@](O)(C(=O)O)C[C@H]2OCc2ccc(O)c(OC)c2)ccc1O. The van der Waals surface area contributed by atoms with E-state index in [2.05, 4.69) is 0 Å². The van der Waals surface area contributed by atoms with Gasteiger partial charge in [0.1, 0.15) is 6.10 Å². The highest BCUT2D eigenvalue weighted by atomic mass is 16.6. The van der Waals surface area contributed by atoms with E-state index < -0.39 is 36.3 Å². The Kier molecular flexibility index (Phi) is 7.65. The van der Waals surface area contributed by atoms with E-state index in [1.165, 1.54) is 26.4 Å². The Morgan fingerprint density at radius 3 is 1.94 bits per heavy atom. The summed E-state index contributed by atoms with van der Waals surface area (Å²) in [6.45, 7) is 0.0212. The van der Waals surface area contributed by atoms with Crippen LogP contribution in [0.2, 0.25) is 0 Å². The van der Waals surface area contributed by atoms with Gasteiger partial charge in [-0.05, 0) is 35.4 Å². The first-order chi connectivity index (χ1) is 15.7. The first-order valence-electron chi connectivity index (χ1n) is 10.3. The van der Waals surface area contributed by atoms with Crippen molar-refractivity contribution in [2.45, 2.75) is 50.0 Å². The van der Waals surface area contributed by atoms with Crippen molar-refractivity contribution < 1.29 is 49.3 Å². The van der Waals surface area contributed by atoms with Crippen molar-refractivity contribution >= 4 is 5.97 Å². The number of aromatic hydroxyl groups is 2. The van der Waals surface area contributed by atoms with Crippen molar-refractivity contribution in [2.75, 3.05) is 14.2 Å². The molecule has 33 heavy (non-hydrogen) atoms. The highest BCUT2D eigenvalue weighted by Crippen LogP contribution is 2.35. The summed E-state index contributed by atoms with van der Waals surface area (Å²) in [6.07, 6.45) is -3.90. The number of carboxylic acids is 1. The van der Waals surface area contributed by atoms with Gasteiger partial charge in [0.05, 0.1) is 39.6 Å². The molecule has 4 atom stereocenters. The molecule has 1 aliphatic carbocycles. The number of ether oxygens (including phenoxy) is 4. The molecule has 180 valence electrons. The van der Waals surface area contributed by atoms with Gasteiger partial charge >= 0.3 is 5.97 Å². The molecule has 3 rings (SSSR count). The van der Waals surface area contributed by atoms with Crippen LogP contribution in [0, 0.1) is 0 Å². The topological polar surface area (TPSA) is 155 Å². The zero-order valence-corrected chi connectivity index (χ0v) is 18.3. The lowest BCUT2D eigenvalue weighted by molar-refractivity contribution is -0.207. The van der Waals surface area contributed by atoms with Crippen molar-refractivity contribution in [1.82, 2.24) is 0 Å². The molecule has 1 saturated carbocycles. The quantitative estimate of drug-likeness (QED) is 0.369. The Hall–Kier alpha value is -3.05. The number of methoxy groups -OCH3 is 2. The van der Waals surface area contributed by atoms with E-state index in [4.69, 9.17) is 18.9 Å². The van der Waals surface area contributed by atoms with Crippen LogP contribution in [0.5, 0.6) is 23.0 Å². The molecular formula is C23H28O10. The second-order valence-electron chi connectivity index (χ2n) is 7.95. The number of carbonyl (C=O) groups is 1. The molecule has 2 aromatic rings. The average Bonchev–Trinajstić information content (AvgIpc) is 2.78. The second kappa shape index (κ2) is 10.3. The normalized spacial score (nSPS) is 24.9. The van der Waals surface area contributed by atoms with Crippen LogP contribution < -0.4 is 9.47 Å². The molecule has 10 heteroatoms. The number of carboxylic acid groups (broad SMARTS) is 1. The van der Waals surface area contributed by atoms with E-state index in [1.54, 1.807) is 24.3 Å². The number of hydrogen-bond donors (Lipinski definition) is 5. The lowest BCUT2D eigenvalue weighted by Crippen LogP contribution is -2.57. The van der Waals surface area contributed by atoms with Gasteiger partial charge in [-0.25, -0.2) is 4.79 Å². The second-order valence-corrected chi connectivity index (χ2v) is 7.95. The van der Waals surface area contributed by atoms with Crippen LogP contribution in [0.15, 0.2) is 36.4 Å². The molecule has 1 fully saturated rings. The minimum atomic E-state index is -2.17. The third-order valence-corrected chi connectivity index (χ3v) is 5.62. The maximum Gasteiger partial charge on any atom is 0.335 e. The molecule has 0 unspecified atom stereocenters. The minimum absolute atomic E-state index is 0.00336. The number of benzene rings is 2. The average molecular weight is 464 g/mol. The van der Waals surface area contributed by atoms with Gasteiger partial charge in [0, 0.05) is 12.8 Å². The van der Waals surface area contributed by atoms with Crippen LogP contribution in [0.1, 0.15) is 24.0 Å². The Morgan fingerprint density at radius 1 is 0.939 bits per heavy atom. The van der Waals surface area contributed by atoms with Crippen LogP contribution in [0.25, 0.3) is 0 Å². The molecule has 1 aliphatic rings. The molecule has 0 saturated heterocycles. The van der Waals surface area contributed by atoms with E-state index in [1.807, 2.05) is 0 Å². The van der Waals surface area contributed by atoms with Gasteiger partial charge in [0.15, 0.2) is 28.6 Å². The standard InChI is InChI=1S/C23H28O10/c1-30-18-7-13(3-5-15(18)24)11-32-20-10-23(29,22(27)28)9-17(26)21(20)33-12-14-4-6-16(25)19(8-14)31-2/h3-8,17,20-21,24-26,29H,9-12H2,1-2H3,(H,27,28)/t17-,20-,21-,23+/m1/s1. The van der Waals surface area contributed by atoms with Gasteiger partial charge in [-0.15, -0.1) is 0 Å². The van der Waals surface area contributed by atoms with E-state index in [9.17, 15) is 30.3 Å². The van der Waals surface area contributed by atoms with E-state index in [-0.39, 0.29) is 42.6 Å². The third-order valence-electron chi connectivity index (χ3n) is 5.62. The van der Waals surface area contributed by atoms with E-state index in [0.717, 1.165) is 0 Å². The Morgan fingerprint density at radius 2 is 1.45 bits per heavy atom. The number of rotatable bonds is 9. The fourth-order valence-electron chi connectivity index (χ4n) is 3.81. The van der Waals surface area contributed by atoms with Gasteiger partial charge in [0.25, 0.3) is 0 Å². The van der Waals surface area contributed by atoms with E-state index >= 15 is 0 Å². The van der Waals surface area contributed by atoms with Crippen molar-refractivity contribution in [3.05, 3.63) is 47.5 Å². The monoisotopic (exact) mass is 464 g/mol. The van der Waals surface area contributed by atoms with Gasteiger partial charge in [0.2, 0.25) is 0 Å². The lowest BCUT2D eigenvalue weighted by Gasteiger charge is -2.41. The molecule has 0 amide bonds. The minimum Gasteiger partial charge on any atom is -0.504 e. The van der Waals surface area contributed by atoms with Gasteiger partial charge in [-0.1, -0.05) is 12.1 Å². The summed E-state index contributed by atoms with van der Waals surface area (Å²) in [5.41, 5.74) is -0.887. The van der Waals surface area contributed by atoms with E-state index in [0.29, 0.717) is 11.1 Å². The summed E-state index contributed by atoms with van der Waals surface area (Å²) in [7, 11) is 2.83. The molecule has 10 nitrogen and oxygen atoms in total. The van der Waals surface area contributed by atoms with Crippen molar-refractivity contribution in [1.29, 1.82) is 0 Å². The molecular weight excluding hydrogens is 436 g/mol. The summed E-state index contributed by atoms with van der Waals surface area (Å²) in [6, 6.07) is 9.27. The predicted molar refractivity (Wildman–Crippen MR) is 114 cm³/mol. The molecule has 5 N–H and O–H groups in total. The number of aliphatic carboxylic acids is 1. The highest BCUT2D eigenvalue weighted by molar-refractivity contribution is 5.77. The number of phenols is 2. The van der Waals surface area contributed by atoms with Crippen molar-refractivity contribution in [2.24, 2.45) is 0 Å². The van der Waals surface area contributed by atoms with Crippen LogP contribution in [0.3, 0.4) is 0 Å². The Balaban J connectivity index is 1.76. The number of phenolic OH excluding ortho intramolecular Hbond substituents is 2. The number of aliphatic hydroxyl groups excluding tert-OH is 1. The number of aliphatic hydroxyl groups is 2. The van der Waals surface area contributed by atoms with Gasteiger partial charge in [-0.3, -0.25) is 0 Å².